The first-order chi connectivity index (χ1) is 8.97. The van der Waals surface area contributed by atoms with Gasteiger partial charge in [0.15, 0.2) is 0 Å². The number of nitrogens with zero attached hydrogens (tertiary/aromatic N) is 2. The topological polar surface area (TPSA) is 71.2 Å². The van der Waals surface area contributed by atoms with Gasteiger partial charge in [-0.05, 0) is 38.8 Å². The number of hydrogen-bond donors (Lipinski definition) is 2. The highest BCUT2D eigenvalue weighted by Crippen LogP contribution is 2.17. The van der Waals surface area contributed by atoms with E-state index in [1.165, 1.54) is 0 Å². The molecule has 0 saturated carbocycles. The highest BCUT2D eigenvalue weighted by Gasteiger charge is 2.27. The molecular weight excluding hydrogens is 311 g/mol. The number of carbonyl (C=O) groups is 1. The number of nitrogens with two attached hydrogens (primary N) is 1. The average molecular weight is 335 g/mol. The van der Waals surface area contributed by atoms with Gasteiger partial charge in [0.1, 0.15) is 5.82 Å². The average Bonchev–Trinajstić information content (AvgIpc) is 2.39. The number of nitrogens with one attached hydrogen (secondary N) is 1. The molecule has 1 aliphatic rings. The van der Waals surface area contributed by atoms with Gasteiger partial charge in [-0.2, -0.15) is 0 Å². The molecule has 0 aromatic carbocycles. The molecule has 0 bridgehead atoms. The van der Waals surface area contributed by atoms with Crippen molar-refractivity contribution in [3.05, 3.63) is 24.4 Å². The SMILES string of the molecule is CC(C)(N)C(=O)NC1CCN(c2ccccn2)CC1.Cl.Cl. The second-order valence-corrected chi connectivity index (χ2v) is 5.64. The van der Waals surface area contributed by atoms with E-state index >= 15 is 0 Å². The van der Waals surface area contributed by atoms with Gasteiger partial charge in [0.05, 0.1) is 5.54 Å². The minimum atomic E-state index is -0.807. The van der Waals surface area contributed by atoms with Crippen molar-refractivity contribution in [1.82, 2.24) is 10.3 Å². The number of anilines is 1. The molecule has 120 valence electrons. The van der Waals surface area contributed by atoms with Crippen molar-refractivity contribution in [3.8, 4) is 0 Å². The highest BCUT2D eigenvalue weighted by atomic mass is 35.5. The smallest absolute Gasteiger partial charge is 0.239 e. The molecule has 5 nitrogen and oxygen atoms in total. The Bertz CT molecular complexity index is 428. The van der Waals surface area contributed by atoms with E-state index in [9.17, 15) is 4.79 Å². The molecule has 7 heteroatoms. The van der Waals surface area contributed by atoms with Crippen LogP contribution < -0.4 is 16.0 Å². The van der Waals surface area contributed by atoms with Crippen LogP contribution in [0.25, 0.3) is 0 Å². The molecule has 1 aromatic heterocycles. The molecule has 0 atom stereocenters. The van der Waals surface area contributed by atoms with E-state index in [1.807, 2.05) is 18.2 Å². The fraction of sp³-hybridized carbons (Fsp3) is 0.571. The molecule has 1 aromatic rings. The van der Waals surface area contributed by atoms with Crippen LogP contribution in [0, 0.1) is 0 Å². The summed E-state index contributed by atoms with van der Waals surface area (Å²) < 4.78 is 0. The zero-order chi connectivity index (χ0) is 13.9. The van der Waals surface area contributed by atoms with Gasteiger partial charge < -0.3 is 16.0 Å². The molecule has 2 rings (SSSR count). The van der Waals surface area contributed by atoms with Gasteiger partial charge in [-0.3, -0.25) is 4.79 Å². The predicted molar refractivity (Wildman–Crippen MR) is 90.4 cm³/mol. The zero-order valence-electron chi connectivity index (χ0n) is 12.4. The third-order valence-electron chi connectivity index (χ3n) is 3.39. The number of aromatic nitrogens is 1. The van der Waals surface area contributed by atoms with Gasteiger partial charge in [0.2, 0.25) is 5.91 Å². The van der Waals surface area contributed by atoms with Crippen LogP contribution >= 0.6 is 24.8 Å². The Morgan fingerprint density at radius 3 is 2.43 bits per heavy atom. The maximum absolute atomic E-state index is 11.8. The Kier molecular flexibility index (Phi) is 8.00. The van der Waals surface area contributed by atoms with Crippen molar-refractivity contribution in [2.24, 2.45) is 5.73 Å². The summed E-state index contributed by atoms with van der Waals surface area (Å²) in [6.45, 7) is 5.27. The van der Waals surface area contributed by atoms with Crippen molar-refractivity contribution in [3.63, 3.8) is 0 Å². The Hall–Kier alpha value is -1.04. The third-order valence-corrected chi connectivity index (χ3v) is 3.39. The molecule has 21 heavy (non-hydrogen) atoms. The van der Waals surface area contributed by atoms with E-state index in [0.29, 0.717) is 0 Å². The van der Waals surface area contributed by atoms with Crippen LogP contribution in [0.4, 0.5) is 5.82 Å². The number of hydrogen-bond acceptors (Lipinski definition) is 4. The third kappa shape index (κ3) is 5.69. The first-order valence-electron chi connectivity index (χ1n) is 6.72. The fourth-order valence-electron chi connectivity index (χ4n) is 2.17. The zero-order valence-corrected chi connectivity index (χ0v) is 14.0. The summed E-state index contributed by atoms with van der Waals surface area (Å²) in [6, 6.07) is 6.14. The van der Waals surface area contributed by atoms with Crippen LogP contribution in [-0.2, 0) is 4.79 Å². The summed E-state index contributed by atoms with van der Waals surface area (Å²) in [4.78, 5) is 18.4. The molecule has 0 unspecified atom stereocenters. The Labute approximate surface area is 138 Å². The van der Waals surface area contributed by atoms with E-state index in [1.54, 1.807) is 20.0 Å². The number of carbonyl (C=O) groups excluding carboxylic acids is 1. The number of pyridine rings is 1. The molecule has 1 saturated heterocycles. The molecule has 0 spiro atoms. The van der Waals surface area contributed by atoms with Gasteiger partial charge in [0.25, 0.3) is 0 Å². The second kappa shape index (κ2) is 8.41. The molecule has 3 N–H and O–H groups in total. The number of piperidine rings is 1. The quantitative estimate of drug-likeness (QED) is 0.883. The van der Waals surface area contributed by atoms with E-state index in [-0.39, 0.29) is 36.8 Å². The number of rotatable bonds is 3. The van der Waals surface area contributed by atoms with Crippen molar-refractivity contribution < 1.29 is 4.79 Å². The molecule has 2 heterocycles. The number of amides is 1. The minimum Gasteiger partial charge on any atom is -0.356 e. The van der Waals surface area contributed by atoms with Gasteiger partial charge >= 0.3 is 0 Å². The van der Waals surface area contributed by atoms with Crippen molar-refractivity contribution in [1.29, 1.82) is 0 Å². The van der Waals surface area contributed by atoms with Gasteiger partial charge in [-0.15, -0.1) is 24.8 Å². The largest absolute Gasteiger partial charge is 0.356 e. The minimum absolute atomic E-state index is 0. The van der Waals surface area contributed by atoms with E-state index in [4.69, 9.17) is 5.73 Å². The van der Waals surface area contributed by atoms with Gasteiger partial charge in [-0.1, -0.05) is 6.07 Å². The summed E-state index contributed by atoms with van der Waals surface area (Å²) in [7, 11) is 0. The van der Waals surface area contributed by atoms with Gasteiger partial charge in [0, 0.05) is 25.3 Å². The Morgan fingerprint density at radius 2 is 1.95 bits per heavy atom. The Morgan fingerprint density at radius 1 is 1.33 bits per heavy atom. The van der Waals surface area contributed by atoms with Crippen molar-refractivity contribution in [2.45, 2.75) is 38.3 Å². The van der Waals surface area contributed by atoms with Crippen molar-refractivity contribution in [2.75, 3.05) is 18.0 Å². The number of halogens is 2. The van der Waals surface area contributed by atoms with E-state index in [2.05, 4.69) is 15.2 Å². The van der Waals surface area contributed by atoms with Crippen LogP contribution in [0.5, 0.6) is 0 Å². The summed E-state index contributed by atoms with van der Waals surface area (Å²) in [5, 5.41) is 3.02. The molecular formula is C14H24Cl2N4O. The normalized spacial score (nSPS) is 15.7. The predicted octanol–water partition coefficient (Wildman–Crippen LogP) is 1.75. The molecule has 1 fully saturated rings. The summed E-state index contributed by atoms with van der Waals surface area (Å²) >= 11 is 0. The van der Waals surface area contributed by atoms with Crippen molar-refractivity contribution >= 4 is 36.5 Å². The summed E-state index contributed by atoms with van der Waals surface area (Å²) in [5.41, 5.74) is 4.97. The molecule has 1 aliphatic heterocycles. The van der Waals surface area contributed by atoms with Gasteiger partial charge in [-0.25, -0.2) is 4.98 Å². The lowest BCUT2D eigenvalue weighted by Gasteiger charge is -2.34. The lowest BCUT2D eigenvalue weighted by atomic mass is 10.0. The molecule has 0 radical (unpaired) electrons. The lowest BCUT2D eigenvalue weighted by Crippen LogP contribution is -2.54. The van der Waals surface area contributed by atoms with Crippen LogP contribution in [0.15, 0.2) is 24.4 Å². The van der Waals surface area contributed by atoms with Crippen LogP contribution in [0.2, 0.25) is 0 Å². The maximum atomic E-state index is 11.8. The van der Waals surface area contributed by atoms with E-state index in [0.717, 1.165) is 31.7 Å². The van der Waals surface area contributed by atoms with Crippen LogP contribution in [0.3, 0.4) is 0 Å². The molecule has 0 aliphatic carbocycles. The summed E-state index contributed by atoms with van der Waals surface area (Å²) in [6.07, 6.45) is 3.66. The van der Waals surface area contributed by atoms with E-state index < -0.39 is 5.54 Å². The van der Waals surface area contributed by atoms with Crippen LogP contribution in [0.1, 0.15) is 26.7 Å². The second-order valence-electron chi connectivity index (χ2n) is 5.64. The monoisotopic (exact) mass is 334 g/mol. The lowest BCUT2D eigenvalue weighted by molar-refractivity contribution is -0.126. The maximum Gasteiger partial charge on any atom is 0.239 e. The highest BCUT2D eigenvalue weighted by molar-refractivity contribution is 5.86. The molecule has 1 amide bonds. The van der Waals surface area contributed by atoms with Crippen LogP contribution in [-0.4, -0.2) is 35.6 Å². The standard InChI is InChI=1S/C14H22N4O.2ClH/c1-14(2,15)13(19)17-11-6-9-18(10-7-11)12-5-3-4-8-16-12;;/h3-5,8,11H,6-7,9-10,15H2,1-2H3,(H,17,19);2*1H. The summed E-state index contributed by atoms with van der Waals surface area (Å²) in [5.74, 6) is 0.926. The first kappa shape index (κ1) is 20.0. The Balaban J connectivity index is 0.00000200. The fourth-order valence-corrected chi connectivity index (χ4v) is 2.17. The first-order valence-corrected chi connectivity index (χ1v) is 6.72.